The fraction of sp³-hybridized carbons (Fsp3) is 0.235. The highest BCUT2D eigenvalue weighted by Crippen LogP contribution is 2.21. The van der Waals surface area contributed by atoms with Gasteiger partial charge in [-0.3, -0.25) is 4.79 Å². The van der Waals surface area contributed by atoms with Crippen molar-refractivity contribution in [3.8, 4) is 11.5 Å². The molecule has 0 aliphatic heterocycles. The van der Waals surface area contributed by atoms with Crippen LogP contribution < -0.4 is 14.8 Å². The molecule has 0 aliphatic rings. The lowest BCUT2D eigenvalue weighted by molar-refractivity contribution is -0.122. The molecule has 0 aromatic heterocycles. The minimum absolute atomic E-state index is 0.149. The van der Waals surface area contributed by atoms with Crippen LogP contribution in [0.4, 0.5) is 5.69 Å². The molecule has 2 rings (SSSR count). The maximum atomic E-state index is 12.1. The van der Waals surface area contributed by atoms with Crippen molar-refractivity contribution in [2.24, 2.45) is 0 Å². The molecule has 0 saturated carbocycles. The van der Waals surface area contributed by atoms with Crippen molar-refractivity contribution in [2.75, 3.05) is 19.2 Å². The minimum atomic E-state index is -0.664. The summed E-state index contributed by atoms with van der Waals surface area (Å²) in [5.41, 5.74) is 0.659. The van der Waals surface area contributed by atoms with Crippen molar-refractivity contribution >= 4 is 23.2 Å². The first-order valence-corrected chi connectivity index (χ1v) is 7.41. The van der Waals surface area contributed by atoms with E-state index in [9.17, 15) is 4.79 Å². The standard InChI is InChI=1S/C17H18ClNO4/c1-12(17(20)19-14-8-6-13(18)7-9-14)23-16-5-3-4-15(10-16)22-11-21-2/h3-10,12H,11H2,1-2H3,(H,19,20). The van der Waals surface area contributed by atoms with Gasteiger partial charge in [-0.2, -0.15) is 0 Å². The van der Waals surface area contributed by atoms with Crippen molar-refractivity contribution in [3.05, 3.63) is 53.6 Å². The molecule has 2 aromatic rings. The molecule has 6 heteroatoms. The third kappa shape index (κ3) is 5.47. The lowest BCUT2D eigenvalue weighted by atomic mass is 10.3. The van der Waals surface area contributed by atoms with E-state index in [2.05, 4.69) is 5.32 Å². The summed E-state index contributed by atoms with van der Waals surface area (Å²) in [4.78, 5) is 12.1. The molecule has 0 heterocycles. The van der Waals surface area contributed by atoms with Gasteiger partial charge in [-0.25, -0.2) is 0 Å². The normalized spacial score (nSPS) is 11.6. The van der Waals surface area contributed by atoms with Gasteiger partial charge in [0.1, 0.15) is 11.5 Å². The Morgan fingerprint density at radius 1 is 1.17 bits per heavy atom. The van der Waals surface area contributed by atoms with E-state index in [1.54, 1.807) is 62.6 Å². The number of rotatable bonds is 7. The molecule has 0 fully saturated rings. The van der Waals surface area contributed by atoms with E-state index in [-0.39, 0.29) is 12.7 Å². The molecule has 122 valence electrons. The first kappa shape index (κ1) is 17.1. The number of hydrogen-bond acceptors (Lipinski definition) is 4. The molecule has 1 amide bonds. The topological polar surface area (TPSA) is 56.8 Å². The second-order valence-corrected chi connectivity index (χ2v) is 5.22. The Kier molecular flexibility index (Phi) is 6.26. The van der Waals surface area contributed by atoms with Crippen molar-refractivity contribution in [1.29, 1.82) is 0 Å². The number of methoxy groups -OCH3 is 1. The van der Waals surface area contributed by atoms with E-state index in [1.165, 1.54) is 0 Å². The summed E-state index contributed by atoms with van der Waals surface area (Å²) in [5, 5.41) is 3.38. The molecule has 0 aliphatic carbocycles. The van der Waals surface area contributed by atoms with Gasteiger partial charge in [0, 0.05) is 23.9 Å². The number of nitrogens with one attached hydrogen (secondary N) is 1. The van der Waals surface area contributed by atoms with Crippen LogP contribution in [0.3, 0.4) is 0 Å². The Labute approximate surface area is 140 Å². The van der Waals surface area contributed by atoms with Crippen LogP contribution in [0.25, 0.3) is 0 Å². The van der Waals surface area contributed by atoms with Crippen LogP contribution in [0, 0.1) is 0 Å². The van der Waals surface area contributed by atoms with E-state index in [0.717, 1.165) is 0 Å². The van der Waals surface area contributed by atoms with Crippen LogP contribution in [0.1, 0.15) is 6.92 Å². The van der Waals surface area contributed by atoms with Gasteiger partial charge in [0.2, 0.25) is 0 Å². The number of anilines is 1. The Morgan fingerprint density at radius 2 is 1.87 bits per heavy atom. The zero-order valence-corrected chi connectivity index (χ0v) is 13.7. The zero-order valence-electron chi connectivity index (χ0n) is 12.9. The highest BCUT2D eigenvalue weighted by molar-refractivity contribution is 6.30. The largest absolute Gasteiger partial charge is 0.481 e. The van der Waals surface area contributed by atoms with Crippen molar-refractivity contribution in [3.63, 3.8) is 0 Å². The van der Waals surface area contributed by atoms with Gasteiger partial charge in [0.05, 0.1) is 0 Å². The lowest BCUT2D eigenvalue weighted by Gasteiger charge is -2.15. The van der Waals surface area contributed by atoms with Gasteiger partial charge in [-0.15, -0.1) is 0 Å². The summed E-state index contributed by atoms with van der Waals surface area (Å²) in [7, 11) is 1.55. The van der Waals surface area contributed by atoms with E-state index in [1.807, 2.05) is 0 Å². The van der Waals surface area contributed by atoms with Crippen LogP contribution >= 0.6 is 11.6 Å². The van der Waals surface area contributed by atoms with Crippen LogP contribution in [-0.2, 0) is 9.53 Å². The van der Waals surface area contributed by atoms with Gasteiger partial charge in [-0.1, -0.05) is 17.7 Å². The molecule has 5 nitrogen and oxygen atoms in total. The Bertz CT molecular complexity index is 645. The number of carbonyl (C=O) groups is 1. The first-order valence-electron chi connectivity index (χ1n) is 7.03. The molecule has 0 radical (unpaired) electrons. The Balaban J connectivity index is 1.93. The molecule has 0 spiro atoms. The van der Waals surface area contributed by atoms with Gasteiger partial charge in [0.25, 0.3) is 5.91 Å². The Morgan fingerprint density at radius 3 is 2.57 bits per heavy atom. The average molecular weight is 336 g/mol. The molecule has 0 saturated heterocycles. The lowest BCUT2D eigenvalue weighted by Crippen LogP contribution is -2.30. The van der Waals surface area contributed by atoms with Gasteiger partial charge >= 0.3 is 0 Å². The fourth-order valence-electron chi connectivity index (χ4n) is 1.80. The van der Waals surface area contributed by atoms with Crippen molar-refractivity contribution in [2.45, 2.75) is 13.0 Å². The van der Waals surface area contributed by atoms with Gasteiger partial charge in [0.15, 0.2) is 12.9 Å². The fourth-order valence-corrected chi connectivity index (χ4v) is 1.93. The number of benzene rings is 2. The molecular weight excluding hydrogens is 318 g/mol. The molecule has 0 bridgehead atoms. The molecular formula is C17H18ClNO4. The summed E-state index contributed by atoms with van der Waals surface area (Å²) in [5.74, 6) is 0.891. The quantitative estimate of drug-likeness (QED) is 0.783. The van der Waals surface area contributed by atoms with E-state index >= 15 is 0 Å². The monoisotopic (exact) mass is 335 g/mol. The van der Waals surface area contributed by atoms with E-state index in [4.69, 9.17) is 25.8 Å². The summed E-state index contributed by atoms with van der Waals surface area (Å²) in [6.45, 7) is 1.82. The molecule has 2 aromatic carbocycles. The SMILES string of the molecule is COCOc1cccc(OC(C)C(=O)Nc2ccc(Cl)cc2)c1. The summed E-state index contributed by atoms with van der Waals surface area (Å²) >= 11 is 5.81. The maximum absolute atomic E-state index is 12.1. The zero-order chi connectivity index (χ0) is 16.7. The Hall–Kier alpha value is -2.24. The number of halogens is 1. The summed E-state index contributed by atoms with van der Waals surface area (Å²) in [6, 6.07) is 13.9. The summed E-state index contributed by atoms with van der Waals surface area (Å²) in [6.07, 6.45) is -0.664. The van der Waals surface area contributed by atoms with Crippen molar-refractivity contribution < 1.29 is 19.0 Å². The minimum Gasteiger partial charge on any atom is -0.481 e. The number of ether oxygens (including phenoxy) is 3. The number of hydrogen-bond donors (Lipinski definition) is 1. The van der Waals surface area contributed by atoms with Crippen molar-refractivity contribution in [1.82, 2.24) is 0 Å². The summed E-state index contributed by atoms with van der Waals surface area (Å²) < 4.78 is 15.8. The second-order valence-electron chi connectivity index (χ2n) is 4.78. The van der Waals surface area contributed by atoms with Gasteiger partial charge < -0.3 is 19.5 Å². The predicted molar refractivity (Wildman–Crippen MR) is 89.1 cm³/mol. The van der Waals surface area contributed by atoms with E-state index in [0.29, 0.717) is 22.2 Å². The second kappa shape index (κ2) is 8.41. The van der Waals surface area contributed by atoms with Crippen LogP contribution in [0.15, 0.2) is 48.5 Å². The van der Waals surface area contributed by atoms with Crippen LogP contribution in [0.5, 0.6) is 11.5 Å². The molecule has 1 atom stereocenters. The highest BCUT2D eigenvalue weighted by atomic mass is 35.5. The average Bonchev–Trinajstić information content (AvgIpc) is 2.55. The number of carbonyl (C=O) groups excluding carboxylic acids is 1. The van der Waals surface area contributed by atoms with Gasteiger partial charge in [-0.05, 0) is 43.3 Å². The highest BCUT2D eigenvalue weighted by Gasteiger charge is 2.15. The van der Waals surface area contributed by atoms with E-state index < -0.39 is 6.10 Å². The molecule has 1 N–H and O–H groups in total. The molecule has 1 unspecified atom stereocenters. The molecule has 23 heavy (non-hydrogen) atoms. The van der Waals surface area contributed by atoms with Crippen LogP contribution in [-0.4, -0.2) is 25.9 Å². The number of amides is 1. The predicted octanol–water partition coefficient (Wildman–Crippen LogP) is 3.73. The smallest absolute Gasteiger partial charge is 0.265 e. The third-order valence-corrected chi connectivity index (χ3v) is 3.19. The van der Waals surface area contributed by atoms with Crippen LogP contribution in [0.2, 0.25) is 5.02 Å². The third-order valence-electron chi connectivity index (χ3n) is 2.94. The maximum Gasteiger partial charge on any atom is 0.265 e. The first-order chi connectivity index (χ1) is 11.1.